The van der Waals surface area contributed by atoms with E-state index in [1.54, 1.807) is 30.3 Å². The zero-order valence-corrected chi connectivity index (χ0v) is 13.9. The van der Waals surface area contributed by atoms with Crippen molar-refractivity contribution < 1.29 is 9.53 Å². The summed E-state index contributed by atoms with van der Waals surface area (Å²) in [4.78, 5) is 11.8. The molecule has 0 fully saturated rings. The van der Waals surface area contributed by atoms with E-state index in [9.17, 15) is 4.79 Å². The third-order valence-electron chi connectivity index (χ3n) is 2.39. The van der Waals surface area contributed by atoms with Crippen LogP contribution < -0.4 is 10.1 Å². The van der Waals surface area contributed by atoms with Crippen molar-refractivity contribution in [3.8, 4) is 5.75 Å². The molecular formula is C14H10Cl2INO2. The Morgan fingerprint density at radius 1 is 1.15 bits per heavy atom. The van der Waals surface area contributed by atoms with Crippen molar-refractivity contribution in [1.29, 1.82) is 0 Å². The fourth-order valence-corrected chi connectivity index (χ4v) is 2.16. The van der Waals surface area contributed by atoms with Gasteiger partial charge in [0.15, 0.2) is 6.61 Å². The van der Waals surface area contributed by atoms with E-state index < -0.39 is 0 Å². The minimum Gasteiger partial charge on any atom is -0.484 e. The largest absolute Gasteiger partial charge is 0.484 e. The number of hydrogen-bond donors (Lipinski definition) is 1. The first kappa shape index (κ1) is 15.4. The van der Waals surface area contributed by atoms with E-state index in [1.807, 2.05) is 12.1 Å². The first-order valence-corrected chi connectivity index (χ1v) is 7.51. The molecule has 2 rings (SSSR count). The maximum absolute atomic E-state index is 11.8. The van der Waals surface area contributed by atoms with Crippen molar-refractivity contribution in [3.05, 3.63) is 56.1 Å². The predicted molar refractivity (Wildman–Crippen MR) is 89.7 cm³/mol. The second kappa shape index (κ2) is 7.15. The van der Waals surface area contributed by atoms with Gasteiger partial charge < -0.3 is 10.1 Å². The molecule has 0 atom stereocenters. The summed E-state index contributed by atoms with van der Waals surface area (Å²) in [6, 6.07) is 12.3. The Morgan fingerprint density at radius 2 is 1.85 bits per heavy atom. The number of anilines is 1. The normalized spacial score (nSPS) is 10.2. The SMILES string of the molecule is O=C(COc1ccc(I)cc1)Nc1cc(Cl)ccc1Cl. The summed E-state index contributed by atoms with van der Waals surface area (Å²) < 4.78 is 6.48. The van der Waals surface area contributed by atoms with Gasteiger partial charge in [-0.25, -0.2) is 0 Å². The molecule has 0 heterocycles. The van der Waals surface area contributed by atoms with Crippen LogP contribution in [0.5, 0.6) is 5.75 Å². The molecule has 0 aromatic heterocycles. The molecule has 0 saturated carbocycles. The summed E-state index contributed by atoms with van der Waals surface area (Å²) in [6.45, 7) is -0.0938. The van der Waals surface area contributed by atoms with Crippen LogP contribution in [-0.2, 0) is 4.79 Å². The van der Waals surface area contributed by atoms with Crippen LogP contribution in [0.25, 0.3) is 0 Å². The van der Waals surface area contributed by atoms with Gasteiger partial charge in [0, 0.05) is 8.59 Å². The zero-order chi connectivity index (χ0) is 14.5. The third kappa shape index (κ3) is 4.54. The first-order chi connectivity index (χ1) is 9.54. The molecule has 20 heavy (non-hydrogen) atoms. The van der Waals surface area contributed by atoms with Crippen molar-refractivity contribution >= 4 is 57.4 Å². The van der Waals surface area contributed by atoms with Crippen LogP contribution in [0.3, 0.4) is 0 Å². The number of amides is 1. The summed E-state index contributed by atoms with van der Waals surface area (Å²) in [5.74, 6) is 0.338. The van der Waals surface area contributed by atoms with Gasteiger partial charge in [0.1, 0.15) is 5.75 Å². The average molecular weight is 422 g/mol. The van der Waals surface area contributed by atoms with E-state index in [1.165, 1.54) is 0 Å². The summed E-state index contributed by atoms with van der Waals surface area (Å²) in [6.07, 6.45) is 0. The van der Waals surface area contributed by atoms with Crippen molar-refractivity contribution in [1.82, 2.24) is 0 Å². The van der Waals surface area contributed by atoms with Crippen LogP contribution in [-0.4, -0.2) is 12.5 Å². The highest BCUT2D eigenvalue weighted by atomic mass is 127. The van der Waals surface area contributed by atoms with Crippen LogP contribution in [0, 0.1) is 3.57 Å². The molecule has 1 N–H and O–H groups in total. The van der Waals surface area contributed by atoms with E-state index >= 15 is 0 Å². The van der Waals surface area contributed by atoms with Gasteiger partial charge in [-0.15, -0.1) is 0 Å². The van der Waals surface area contributed by atoms with Gasteiger partial charge in [0.25, 0.3) is 5.91 Å². The number of carbonyl (C=O) groups is 1. The van der Waals surface area contributed by atoms with Crippen molar-refractivity contribution in [2.75, 3.05) is 11.9 Å². The maximum atomic E-state index is 11.8. The van der Waals surface area contributed by atoms with Gasteiger partial charge >= 0.3 is 0 Å². The molecule has 6 heteroatoms. The van der Waals surface area contributed by atoms with E-state index in [0.29, 0.717) is 21.5 Å². The zero-order valence-electron chi connectivity index (χ0n) is 10.2. The number of ether oxygens (including phenoxy) is 1. The van der Waals surface area contributed by atoms with E-state index in [-0.39, 0.29) is 12.5 Å². The van der Waals surface area contributed by atoms with E-state index in [2.05, 4.69) is 27.9 Å². The summed E-state index contributed by atoms with van der Waals surface area (Å²) in [5.41, 5.74) is 0.468. The third-order valence-corrected chi connectivity index (χ3v) is 3.67. The predicted octanol–water partition coefficient (Wildman–Crippen LogP) is 4.62. The first-order valence-electron chi connectivity index (χ1n) is 5.68. The molecule has 2 aromatic rings. The average Bonchev–Trinajstić information content (AvgIpc) is 2.42. The topological polar surface area (TPSA) is 38.3 Å². The van der Waals surface area contributed by atoms with Crippen molar-refractivity contribution in [2.24, 2.45) is 0 Å². The molecule has 0 aliphatic rings. The number of hydrogen-bond acceptors (Lipinski definition) is 2. The van der Waals surface area contributed by atoms with Crippen LogP contribution in [0.4, 0.5) is 5.69 Å². The number of rotatable bonds is 4. The van der Waals surface area contributed by atoms with E-state index in [4.69, 9.17) is 27.9 Å². The molecule has 2 aromatic carbocycles. The lowest BCUT2D eigenvalue weighted by molar-refractivity contribution is -0.118. The molecule has 0 aliphatic heterocycles. The molecule has 0 saturated heterocycles. The molecule has 3 nitrogen and oxygen atoms in total. The quantitative estimate of drug-likeness (QED) is 0.731. The van der Waals surface area contributed by atoms with Crippen LogP contribution in [0.15, 0.2) is 42.5 Å². The molecule has 0 unspecified atom stereocenters. The van der Waals surface area contributed by atoms with Gasteiger partial charge in [0.05, 0.1) is 10.7 Å². The Labute approximate surface area is 140 Å². The Bertz CT molecular complexity index is 617. The number of carbonyl (C=O) groups excluding carboxylic acids is 1. The van der Waals surface area contributed by atoms with Crippen molar-refractivity contribution in [3.63, 3.8) is 0 Å². The van der Waals surface area contributed by atoms with E-state index in [0.717, 1.165) is 3.57 Å². The number of nitrogens with one attached hydrogen (secondary N) is 1. The van der Waals surface area contributed by atoms with Crippen molar-refractivity contribution in [2.45, 2.75) is 0 Å². The van der Waals surface area contributed by atoms with Gasteiger partial charge in [-0.3, -0.25) is 4.79 Å². The summed E-state index contributed by atoms with van der Waals surface area (Å²) in [7, 11) is 0. The fraction of sp³-hybridized carbons (Fsp3) is 0.0714. The lowest BCUT2D eigenvalue weighted by Crippen LogP contribution is -2.20. The standard InChI is InChI=1S/C14H10Cl2INO2/c15-9-1-6-12(16)13(7-9)18-14(19)8-20-11-4-2-10(17)3-5-11/h1-7H,8H2,(H,18,19). The van der Waals surface area contributed by atoms with Gasteiger partial charge in [-0.2, -0.15) is 0 Å². The smallest absolute Gasteiger partial charge is 0.262 e. The molecule has 104 valence electrons. The molecular weight excluding hydrogens is 412 g/mol. The Hall–Kier alpha value is -0.980. The monoisotopic (exact) mass is 421 g/mol. The van der Waals surface area contributed by atoms with Gasteiger partial charge in [0.2, 0.25) is 0 Å². The number of benzene rings is 2. The molecule has 0 radical (unpaired) electrons. The Morgan fingerprint density at radius 3 is 2.55 bits per heavy atom. The highest BCUT2D eigenvalue weighted by molar-refractivity contribution is 14.1. The minimum atomic E-state index is -0.298. The van der Waals surface area contributed by atoms with Gasteiger partial charge in [-0.1, -0.05) is 23.2 Å². The second-order valence-corrected chi connectivity index (χ2v) is 6.00. The number of halogens is 3. The fourth-order valence-electron chi connectivity index (χ4n) is 1.46. The Kier molecular flexibility index (Phi) is 5.51. The minimum absolute atomic E-state index is 0.0938. The van der Waals surface area contributed by atoms with Gasteiger partial charge in [-0.05, 0) is 65.1 Å². The molecule has 1 amide bonds. The maximum Gasteiger partial charge on any atom is 0.262 e. The molecule has 0 aliphatic carbocycles. The highest BCUT2D eigenvalue weighted by Gasteiger charge is 2.07. The van der Waals surface area contributed by atoms with Crippen LogP contribution in [0.2, 0.25) is 10.0 Å². The molecule has 0 spiro atoms. The van der Waals surface area contributed by atoms with Crippen LogP contribution in [0.1, 0.15) is 0 Å². The molecule has 0 bridgehead atoms. The highest BCUT2D eigenvalue weighted by Crippen LogP contribution is 2.25. The summed E-state index contributed by atoms with van der Waals surface area (Å²) >= 11 is 14.0. The lowest BCUT2D eigenvalue weighted by atomic mass is 10.3. The summed E-state index contributed by atoms with van der Waals surface area (Å²) in [5, 5.41) is 3.58. The Balaban J connectivity index is 1.92. The second-order valence-electron chi connectivity index (χ2n) is 3.91. The van der Waals surface area contributed by atoms with Crippen LogP contribution >= 0.6 is 45.8 Å². The lowest BCUT2D eigenvalue weighted by Gasteiger charge is -2.09.